The lowest BCUT2D eigenvalue weighted by Gasteiger charge is -2.22. The number of rotatable bonds is 6. The molecule has 0 saturated carbocycles. The molecule has 274 valence electrons. The topological polar surface area (TPSA) is 43.6 Å². The monoisotopic (exact) mass is 742 g/mol. The fourth-order valence-electron chi connectivity index (χ4n) is 8.97. The highest BCUT2D eigenvalue weighted by Crippen LogP contribution is 2.53. The van der Waals surface area contributed by atoms with E-state index >= 15 is 0 Å². The van der Waals surface area contributed by atoms with Crippen molar-refractivity contribution in [3.63, 3.8) is 0 Å². The minimum atomic E-state index is -0.232. The number of para-hydroxylation sites is 2. The summed E-state index contributed by atoms with van der Waals surface area (Å²) in [7, 11) is 0. The van der Waals surface area contributed by atoms with Gasteiger partial charge in [0.1, 0.15) is 0 Å². The van der Waals surface area contributed by atoms with Crippen LogP contribution in [0, 0.1) is 0 Å². The van der Waals surface area contributed by atoms with Crippen LogP contribution in [0.2, 0.25) is 0 Å². The second kappa shape index (κ2) is 13.4. The highest BCUT2D eigenvalue weighted by molar-refractivity contribution is 6.10. The van der Waals surface area contributed by atoms with Crippen molar-refractivity contribution in [3.8, 4) is 73.2 Å². The average Bonchev–Trinajstić information content (AvgIpc) is 3.74. The lowest BCUT2D eigenvalue weighted by molar-refractivity contribution is 0.660. The van der Waals surface area contributed by atoms with Gasteiger partial charge in [0.05, 0.1) is 11.0 Å². The Bertz CT molecular complexity index is 3120. The maximum absolute atomic E-state index is 5.13. The van der Waals surface area contributed by atoms with Crippen molar-refractivity contribution in [3.05, 3.63) is 205 Å². The Morgan fingerprint density at radius 3 is 1.60 bits per heavy atom. The number of aromatic nitrogens is 4. The normalized spacial score (nSPS) is 12.8. The Morgan fingerprint density at radius 2 is 0.897 bits per heavy atom. The molecule has 0 fully saturated rings. The molecule has 11 rings (SSSR count). The maximum atomic E-state index is 5.13. The van der Waals surface area contributed by atoms with E-state index in [1.54, 1.807) is 0 Å². The fourth-order valence-corrected chi connectivity index (χ4v) is 8.97. The average molecular weight is 743 g/mol. The van der Waals surface area contributed by atoms with E-state index in [-0.39, 0.29) is 5.41 Å². The molecule has 0 spiro atoms. The van der Waals surface area contributed by atoms with Gasteiger partial charge in [-0.15, -0.1) is 0 Å². The summed E-state index contributed by atoms with van der Waals surface area (Å²) in [5.74, 6) is 2.00. The molecule has 4 heteroatoms. The van der Waals surface area contributed by atoms with Crippen LogP contribution in [0.25, 0.3) is 95.0 Å². The van der Waals surface area contributed by atoms with E-state index in [2.05, 4.69) is 176 Å². The second-order valence-corrected chi connectivity index (χ2v) is 15.7. The minimum absolute atomic E-state index is 0.232. The summed E-state index contributed by atoms with van der Waals surface area (Å²) in [4.78, 5) is 15.2. The number of benzene rings is 8. The van der Waals surface area contributed by atoms with Crippen LogP contribution < -0.4 is 0 Å². The third-order valence-corrected chi connectivity index (χ3v) is 11.9. The molecule has 0 bridgehead atoms. The minimum Gasteiger partial charge on any atom is -0.309 e. The molecule has 0 atom stereocenters. The molecule has 1 aliphatic rings. The number of fused-ring (bicyclic) bond motifs is 6. The molecule has 0 aliphatic heterocycles. The van der Waals surface area contributed by atoms with Gasteiger partial charge >= 0.3 is 0 Å². The Morgan fingerprint density at radius 1 is 0.362 bits per heavy atom. The SMILES string of the molecule is CC1(C)c2cc(-c3cccc(-c4ccc5c(c4)c4ccccc4n5-c4ccccc4)c3)ccc2-c2c(-c3nc(-c4ccccc4)nc(-c4ccccc4)n3)cccc21. The molecule has 0 saturated heterocycles. The van der Waals surface area contributed by atoms with Crippen LogP contribution in [-0.2, 0) is 5.41 Å². The van der Waals surface area contributed by atoms with Gasteiger partial charge in [-0.3, -0.25) is 0 Å². The van der Waals surface area contributed by atoms with E-state index in [0.29, 0.717) is 17.5 Å². The van der Waals surface area contributed by atoms with Gasteiger partial charge in [-0.2, -0.15) is 0 Å². The zero-order valence-corrected chi connectivity index (χ0v) is 32.3. The molecule has 2 aromatic heterocycles. The lowest BCUT2D eigenvalue weighted by atomic mass is 9.81. The van der Waals surface area contributed by atoms with Crippen molar-refractivity contribution < 1.29 is 0 Å². The number of nitrogens with zero attached hydrogens (tertiary/aromatic N) is 4. The molecule has 0 N–H and O–H groups in total. The van der Waals surface area contributed by atoms with Gasteiger partial charge in [-0.1, -0.05) is 166 Å². The van der Waals surface area contributed by atoms with Crippen LogP contribution in [0.1, 0.15) is 25.0 Å². The first-order chi connectivity index (χ1) is 28.5. The molecule has 0 unspecified atom stereocenters. The third kappa shape index (κ3) is 5.48. The van der Waals surface area contributed by atoms with Crippen LogP contribution >= 0.6 is 0 Å². The summed E-state index contributed by atoms with van der Waals surface area (Å²) >= 11 is 0. The van der Waals surface area contributed by atoms with Crippen molar-refractivity contribution in [2.75, 3.05) is 0 Å². The standard InChI is InChI=1S/C54H38N4/c1-54(2)46-26-15-25-44(53-56-51(35-16-6-3-7-17-35)55-52(57-53)36-18-8-4-9-19-36)50(46)43-30-28-40(34-47(43)54)38-21-14-20-37(32-38)39-29-31-49-45(33-39)42-24-12-13-27-48(42)58(49)41-22-10-5-11-23-41/h3-34H,1-2H3. The largest absolute Gasteiger partial charge is 0.309 e. The molecule has 1 aliphatic carbocycles. The van der Waals surface area contributed by atoms with Crippen molar-refractivity contribution >= 4 is 21.8 Å². The zero-order chi connectivity index (χ0) is 38.8. The van der Waals surface area contributed by atoms with Crippen molar-refractivity contribution in [2.45, 2.75) is 19.3 Å². The Labute approximate surface area is 337 Å². The van der Waals surface area contributed by atoms with E-state index in [0.717, 1.165) is 16.7 Å². The highest BCUT2D eigenvalue weighted by atomic mass is 15.0. The molecule has 4 nitrogen and oxygen atoms in total. The predicted molar refractivity (Wildman–Crippen MR) is 239 cm³/mol. The van der Waals surface area contributed by atoms with Crippen LogP contribution in [0.3, 0.4) is 0 Å². The lowest BCUT2D eigenvalue weighted by Crippen LogP contribution is -2.15. The van der Waals surface area contributed by atoms with Gasteiger partial charge in [0.15, 0.2) is 17.5 Å². The van der Waals surface area contributed by atoms with E-state index in [1.807, 2.05) is 36.4 Å². The molecule has 0 radical (unpaired) electrons. The Kier molecular flexibility index (Phi) is 7.80. The van der Waals surface area contributed by atoms with E-state index < -0.39 is 0 Å². The van der Waals surface area contributed by atoms with Gasteiger partial charge in [0.25, 0.3) is 0 Å². The third-order valence-electron chi connectivity index (χ3n) is 11.9. The summed E-state index contributed by atoms with van der Waals surface area (Å²) in [5.41, 5.74) is 16.1. The molecule has 0 amide bonds. The van der Waals surface area contributed by atoms with E-state index in [4.69, 9.17) is 15.0 Å². The number of hydrogen-bond acceptors (Lipinski definition) is 3. The van der Waals surface area contributed by atoms with E-state index in [9.17, 15) is 0 Å². The summed E-state index contributed by atoms with van der Waals surface area (Å²) < 4.78 is 2.37. The van der Waals surface area contributed by atoms with E-state index in [1.165, 1.54) is 72.0 Å². The Balaban J connectivity index is 1.00. The van der Waals surface area contributed by atoms with Crippen LogP contribution in [0.4, 0.5) is 0 Å². The molecule has 10 aromatic rings. The van der Waals surface area contributed by atoms with Crippen molar-refractivity contribution in [1.29, 1.82) is 0 Å². The summed E-state index contributed by atoms with van der Waals surface area (Å²) in [6.45, 7) is 4.67. The first-order valence-corrected chi connectivity index (χ1v) is 19.9. The molecule has 8 aromatic carbocycles. The Hall–Kier alpha value is -7.43. The molecular weight excluding hydrogens is 705 g/mol. The first kappa shape index (κ1) is 33.9. The van der Waals surface area contributed by atoms with Crippen LogP contribution in [-0.4, -0.2) is 19.5 Å². The fraction of sp³-hybridized carbons (Fsp3) is 0.0556. The van der Waals surface area contributed by atoms with Gasteiger partial charge in [-0.25, -0.2) is 15.0 Å². The van der Waals surface area contributed by atoms with Gasteiger partial charge in [0.2, 0.25) is 0 Å². The van der Waals surface area contributed by atoms with Crippen molar-refractivity contribution in [2.24, 2.45) is 0 Å². The molecule has 2 heterocycles. The highest BCUT2D eigenvalue weighted by Gasteiger charge is 2.37. The van der Waals surface area contributed by atoms with Crippen LogP contribution in [0.5, 0.6) is 0 Å². The van der Waals surface area contributed by atoms with Gasteiger partial charge in [0, 0.05) is 38.6 Å². The van der Waals surface area contributed by atoms with Crippen LogP contribution in [0.15, 0.2) is 194 Å². The molecular formula is C54H38N4. The summed E-state index contributed by atoms with van der Waals surface area (Å²) in [5, 5.41) is 2.50. The smallest absolute Gasteiger partial charge is 0.164 e. The summed E-state index contributed by atoms with van der Waals surface area (Å²) in [6.07, 6.45) is 0. The molecule has 58 heavy (non-hydrogen) atoms. The zero-order valence-electron chi connectivity index (χ0n) is 32.3. The number of hydrogen-bond donors (Lipinski definition) is 0. The predicted octanol–water partition coefficient (Wildman–Crippen LogP) is 13.6. The van der Waals surface area contributed by atoms with Crippen molar-refractivity contribution in [1.82, 2.24) is 19.5 Å². The van der Waals surface area contributed by atoms with Gasteiger partial charge in [-0.05, 0) is 87.0 Å². The van der Waals surface area contributed by atoms with Gasteiger partial charge < -0.3 is 4.57 Å². The quantitative estimate of drug-likeness (QED) is 0.170. The first-order valence-electron chi connectivity index (χ1n) is 19.9. The second-order valence-electron chi connectivity index (χ2n) is 15.7. The summed E-state index contributed by atoms with van der Waals surface area (Å²) in [6, 6.07) is 69.1. The maximum Gasteiger partial charge on any atom is 0.164 e.